The number of rotatable bonds is 2. The first-order chi connectivity index (χ1) is 9.59. The van der Waals surface area contributed by atoms with Crippen molar-refractivity contribution in [1.29, 1.82) is 0 Å². The summed E-state index contributed by atoms with van der Waals surface area (Å²) in [7, 11) is 1.58. The molecule has 0 aliphatic rings. The number of benzene rings is 1. The van der Waals surface area contributed by atoms with Crippen molar-refractivity contribution in [3.05, 3.63) is 57.3 Å². The SMILES string of the molecule is Cn1cnc2c(cnn2-c2ccccc2[N+](=O)[O-])c1=O. The number of hydrogen-bond acceptors (Lipinski definition) is 5. The van der Waals surface area contributed by atoms with Gasteiger partial charge in [0.05, 0.1) is 17.4 Å². The molecule has 0 saturated carbocycles. The number of aromatic nitrogens is 4. The topological polar surface area (TPSA) is 95.8 Å². The Hall–Kier alpha value is -3.03. The average Bonchev–Trinajstić information content (AvgIpc) is 2.87. The van der Waals surface area contributed by atoms with Gasteiger partial charge in [0.25, 0.3) is 11.2 Å². The van der Waals surface area contributed by atoms with Gasteiger partial charge in [-0.05, 0) is 6.07 Å². The fourth-order valence-electron chi connectivity index (χ4n) is 1.97. The van der Waals surface area contributed by atoms with Gasteiger partial charge in [-0.1, -0.05) is 12.1 Å². The minimum Gasteiger partial charge on any atom is -0.302 e. The molecule has 0 unspecified atom stereocenters. The van der Waals surface area contributed by atoms with E-state index in [4.69, 9.17) is 0 Å². The molecule has 0 atom stereocenters. The van der Waals surface area contributed by atoms with Gasteiger partial charge in [0.2, 0.25) is 0 Å². The van der Waals surface area contributed by atoms with E-state index < -0.39 is 4.92 Å². The third-order valence-corrected chi connectivity index (χ3v) is 2.95. The lowest BCUT2D eigenvalue weighted by Crippen LogP contribution is -2.16. The number of para-hydroxylation sites is 2. The van der Waals surface area contributed by atoms with Crippen molar-refractivity contribution >= 4 is 16.7 Å². The van der Waals surface area contributed by atoms with Crippen LogP contribution in [-0.4, -0.2) is 24.3 Å². The molecule has 1 aromatic carbocycles. The fourth-order valence-corrected chi connectivity index (χ4v) is 1.97. The van der Waals surface area contributed by atoms with Crippen molar-refractivity contribution in [2.24, 2.45) is 7.05 Å². The molecular formula is C12H9N5O3. The Morgan fingerprint density at radius 1 is 1.30 bits per heavy atom. The van der Waals surface area contributed by atoms with E-state index in [1.807, 2.05) is 0 Å². The van der Waals surface area contributed by atoms with Crippen LogP contribution in [0.5, 0.6) is 0 Å². The van der Waals surface area contributed by atoms with Gasteiger partial charge in [0.1, 0.15) is 11.1 Å². The van der Waals surface area contributed by atoms with Gasteiger partial charge in [-0.15, -0.1) is 0 Å². The number of nitro groups is 1. The molecule has 3 aromatic rings. The standard InChI is InChI=1S/C12H9N5O3/c1-15-7-13-11-8(12(15)18)6-14-16(11)9-4-2-3-5-10(9)17(19)20/h2-7H,1H3. The van der Waals surface area contributed by atoms with Crippen molar-refractivity contribution in [2.45, 2.75) is 0 Å². The second kappa shape index (κ2) is 4.26. The van der Waals surface area contributed by atoms with Crippen LogP contribution in [0.4, 0.5) is 5.69 Å². The normalized spacial score (nSPS) is 10.8. The summed E-state index contributed by atoms with van der Waals surface area (Å²) in [6.07, 6.45) is 2.72. The highest BCUT2D eigenvalue weighted by Gasteiger charge is 2.18. The van der Waals surface area contributed by atoms with Gasteiger partial charge in [-0.3, -0.25) is 14.9 Å². The summed E-state index contributed by atoms with van der Waals surface area (Å²) in [5.74, 6) is 0. The minimum absolute atomic E-state index is 0.0972. The third-order valence-electron chi connectivity index (χ3n) is 2.95. The highest BCUT2D eigenvalue weighted by Crippen LogP contribution is 2.23. The maximum absolute atomic E-state index is 11.9. The van der Waals surface area contributed by atoms with E-state index in [2.05, 4.69) is 10.1 Å². The summed E-state index contributed by atoms with van der Waals surface area (Å²) in [5.41, 5.74) is 0.218. The molecule has 0 amide bonds. The molecule has 0 radical (unpaired) electrons. The van der Waals surface area contributed by atoms with Crippen molar-refractivity contribution in [3.63, 3.8) is 0 Å². The largest absolute Gasteiger partial charge is 0.302 e. The van der Waals surface area contributed by atoms with Crippen LogP contribution in [0.3, 0.4) is 0 Å². The molecule has 0 bridgehead atoms. The van der Waals surface area contributed by atoms with Crippen LogP contribution >= 0.6 is 0 Å². The van der Waals surface area contributed by atoms with Crippen molar-refractivity contribution < 1.29 is 4.92 Å². The van der Waals surface area contributed by atoms with E-state index in [1.54, 1.807) is 25.2 Å². The fraction of sp³-hybridized carbons (Fsp3) is 0.0833. The van der Waals surface area contributed by atoms with E-state index >= 15 is 0 Å². The molecule has 0 N–H and O–H groups in total. The highest BCUT2D eigenvalue weighted by atomic mass is 16.6. The second-order valence-corrected chi connectivity index (χ2v) is 4.20. The highest BCUT2D eigenvalue weighted by molar-refractivity contribution is 5.76. The summed E-state index contributed by atoms with van der Waals surface area (Å²) in [4.78, 5) is 26.6. The zero-order chi connectivity index (χ0) is 14.3. The molecular weight excluding hydrogens is 262 g/mol. The first kappa shape index (κ1) is 12.0. The molecule has 2 heterocycles. The molecule has 100 valence electrons. The summed E-state index contributed by atoms with van der Waals surface area (Å²) < 4.78 is 2.63. The van der Waals surface area contributed by atoms with Crippen molar-refractivity contribution in [3.8, 4) is 5.69 Å². The van der Waals surface area contributed by atoms with Crippen molar-refractivity contribution in [2.75, 3.05) is 0 Å². The lowest BCUT2D eigenvalue weighted by molar-refractivity contribution is -0.384. The zero-order valence-corrected chi connectivity index (χ0v) is 10.4. The Balaban J connectivity index is 2.35. The number of aryl methyl sites for hydroxylation is 1. The lowest BCUT2D eigenvalue weighted by atomic mass is 10.2. The summed E-state index contributed by atoms with van der Waals surface area (Å²) in [6, 6.07) is 6.17. The predicted molar refractivity (Wildman–Crippen MR) is 70.8 cm³/mol. The Morgan fingerprint density at radius 3 is 2.80 bits per heavy atom. The van der Waals surface area contributed by atoms with E-state index in [0.717, 1.165) is 0 Å². The molecule has 8 heteroatoms. The van der Waals surface area contributed by atoms with Crippen LogP contribution in [0.2, 0.25) is 0 Å². The molecule has 0 aliphatic heterocycles. The van der Waals surface area contributed by atoms with Gasteiger partial charge >= 0.3 is 0 Å². The lowest BCUT2D eigenvalue weighted by Gasteiger charge is -2.03. The number of nitrogens with zero attached hydrogens (tertiary/aromatic N) is 5. The third kappa shape index (κ3) is 1.66. The molecule has 0 fully saturated rings. The Morgan fingerprint density at radius 2 is 2.05 bits per heavy atom. The number of nitro benzene ring substituents is 1. The van der Waals surface area contributed by atoms with Gasteiger partial charge < -0.3 is 4.57 Å². The molecule has 3 rings (SSSR count). The quantitative estimate of drug-likeness (QED) is 0.512. The van der Waals surface area contributed by atoms with Gasteiger partial charge in [0, 0.05) is 13.1 Å². The molecule has 20 heavy (non-hydrogen) atoms. The molecule has 8 nitrogen and oxygen atoms in total. The predicted octanol–water partition coefficient (Wildman–Crippen LogP) is 1.03. The maximum atomic E-state index is 11.9. The van der Waals surface area contributed by atoms with Crippen LogP contribution in [0, 0.1) is 10.1 Å². The Kier molecular flexibility index (Phi) is 2.56. The van der Waals surface area contributed by atoms with E-state index in [1.165, 1.54) is 27.8 Å². The molecule has 0 spiro atoms. The monoisotopic (exact) mass is 271 g/mol. The van der Waals surface area contributed by atoms with Crippen molar-refractivity contribution in [1.82, 2.24) is 19.3 Å². The van der Waals surface area contributed by atoms with Crippen LogP contribution in [0.25, 0.3) is 16.7 Å². The first-order valence-corrected chi connectivity index (χ1v) is 5.73. The second-order valence-electron chi connectivity index (χ2n) is 4.20. The summed E-state index contributed by atoms with van der Waals surface area (Å²) in [6.45, 7) is 0. The van der Waals surface area contributed by atoms with Crippen LogP contribution in [-0.2, 0) is 7.05 Å². The zero-order valence-electron chi connectivity index (χ0n) is 10.4. The number of fused-ring (bicyclic) bond motifs is 1. The molecule has 2 aromatic heterocycles. The van der Waals surface area contributed by atoms with Gasteiger partial charge in [-0.25, -0.2) is 9.67 Å². The van der Waals surface area contributed by atoms with Crippen LogP contribution in [0.1, 0.15) is 0 Å². The van der Waals surface area contributed by atoms with Gasteiger partial charge in [-0.2, -0.15) is 5.10 Å². The molecule has 0 aliphatic carbocycles. The van der Waals surface area contributed by atoms with Crippen LogP contribution < -0.4 is 5.56 Å². The minimum atomic E-state index is -0.496. The first-order valence-electron chi connectivity index (χ1n) is 5.73. The smallest absolute Gasteiger partial charge is 0.294 e. The summed E-state index contributed by atoms with van der Waals surface area (Å²) >= 11 is 0. The van der Waals surface area contributed by atoms with Gasteiger partial charge in [0.15, 0.2) is 5.65 Å². The summed E-state index contributed by atoms with van der Waals surface area (Å²) in [5, 5.41) is 15.4. The van der Waals surface area contributed by atoms with E-state index in [-0.39, 0.29) is 16.9 Å². The number of hydrogen-bond donors (Lipinski definition) is 0. The van der Waals surface area contributed by atoms with Crippen LogP contribution in [0.15, 0.2) is 41.6 Å². The molecule has 0 saturated heterocycles. The average molecular weight is 271 g/mol. The maximum Gasteiger partial charge on any atom is 0.294 e. The van der Waals surface area contributed by atoms with E-state index in [0.29, 0.717) is 11.0 Å². The van der Waals surface area contributed by atoms with E-state index in [9.17, 15) is 14.9 Å². The Bertz CT molecular complexity index is 880. The Labute approximate surface area is 112 Å².